The van der Waals surface area contributed by atoms with E-state index in [9.17, 15) is 38.7 Å². The molecule has 31 heavy (non-hydrogen) atoms. The van der Waals surface area contributed by atoms with Gasteiger partial charge < -0.3 is 15.7 Å². The third-order valence-electron chi connectivity index (χ3n) is 4.51. The van der Waals surface area contributed by atoms with Crippen LogP contribution in [0.1, 0.15) is 25.7 Å². The minimum Gasteiger partial charge on any atom is -0.480 e. The van der Waals surface area contributed by atoms with Gasteiger partial charge in [-0.2, -0.15) is 0 Å². The van der Waals surface area contributed by atoms with Gasteiger partial charge in [0.2, 0.25) is 11.8 Å². The smallest absolute Gasteiger partial charge is 0.328 e. The second-order valence-electron chi connectivity index (χ2n) is 6.79. The van der Waals surface area contributed by atoms with E-state index in [2.05, 4.69) is 10.6 Å². The molecule has 2 rings (SSSR count). The molecule has 3 N–H and O–H groups in total. The molecule has 0 radical (unpaired) electrons. The van der Waals surface area contributed by atoms with Gasteiger partial charge in [-0.25, -0.2) is 4.79 Å². The second-order valence-corrected chi connectivity index (χ2v) is 6.79. The first-order valence-corrected chi connectivity index (χ1v) is 9.55. The first-order valence-electron chi connectivity index (χ1n) is 9.55. The van der Waals surface area contributed by atoms with Gasteiger partial charge in [-0.3, -0.25) is 38.6 Å². The number of carbonyl (C=O) groups is 7. The largest absolute Gasteiger partial charge is 0.480 e. The Hall–Kier alpha value is -3.83. The topological polar surface area (TPSA) is 170 Å². The summed E-state index contributed by atoms with van der Waals surface area (Å²) in [6, 6.07) is -1.36. The molecule has 2 aliphatic heterocycles. The Kier molecular flexibility index (Phi) is 8.17. The molecule has 0 aliphatic carbocycles. The Morgan fingerprint density at radius 1 is 0.774 bits per heavy atom. The van der Waals surface area contributed by atoms with Crippen molar-refractivity contribution in [3.05, 3.63) is 24.3 Å². The summed E-state index contributed by atoms with van der Waals surface area (Å²) in [4.78, 5) is 82.8. The highest BCUT2D eigenvalue weighted by Crippen LogP contribution is 2.06. The van der Waals surface area contributed by atoms with Crippen LogP contribution < -0.4 is 10.6 Å². The van der Waals surface area contributed by atoms with Crippen LogP contribution >= 0.6 is 0 Å². The lowest BCUT2D eigenvalue weighted by Gasteiger charge is -2.17. The highest BCUT2D eigenvalue weighted by atomic mass is 16.4. The standard InChI is InChI=1S/C19H22N4O8/c24-13(3-1-9-22-15(26)5-6-16(22)27)20-11-12(19(30)31)21-14(25)4-2-10-23-17(28)7-8-18(23)29/h5-8,12H,1-4,9-11H2,(H,20,24)(H,21,25)(H,30,31)/t12-/m0/s1. The maximum Gasteiger partial charge on any atom is 0.328 e. The zero-order valence-corrected chi connectivity index (χ0v) is 16.5. The van der Waals surface area contributed by atoms with Crippen LogP contribution in [0.5, 0.6) is 0 Å². The lowest BCUT2D eigenvalue weighted by Crippen LogP contribution is -2.48. The molecule has 2 heterocycles. The molecule has 0 bridgehead atoms. The third-order valence-corrected chi connectivity index (χ3v) is 4.51. The van der Waals surface area contributed by atoms with E-state index < -0.39 is 47.5 Å². The first kappa shape index (κ1) is 23.4. The number of nitrogens with zero attached hydrogens (tertiary/aromatic N) is 2. The second kappa shape index (κ2) is 10.8. The molecular formula is C19H22N4O8. The van der Waals surface area contributed by atoms with E-state index in [4.69, 9.17) is 0 Å². The average Bonchev–Trinajstić information content (AvgIpc) is 3.20. The molecule has 0 aromatic heterocycles. The quantitative estimate of drug-likeness (QED) is 0.299. The number of carboxylic acid groups (broad SMARTS) is 1. The van der Waals surface area contributed by atoms with E-state index in [0.29, 0.717) is 0 Å². The van der Waals surface area contributed by atoms with Crippen LogP contribution in [0.15, 0.2) is 24.3 Å². The van der Waals surface area contributed by atoms with Crippen molar-refractivity contribution in [1.82, 2.24) is 20.4 Å². The number of rotatable bonds is 12. The SMILES string of the molecule is O=C(CCCN1C(=O)C=CC1=O)NC[C@H](NC(=O)CCCN1C(=O)C=CC1=O)C(=O)O. The molecule has 12 nitrogen and oxygen atoms in total. The molecule has 166 valence electrons. The van der Waals surface area contributed by atoms with Crippen LogP contribution in [0, 0.1) is 0 Å². The summed E-state index contributed by atoms with van der Waals surface area (Å²) < 4.78 is 0. The van der Waals surface area contributed by atoms with Gasteiger partial charge in [-0.15, -0.1) is 0 Å². The fourth-order valence-corrected chi connectivity index (χ4v) is 2.87. The zero-order valence-electron chi connectivity index (χ0n) is 16.5. The van der Waals surface area contributed by atoms with Gasteiger partial charge in [0.15, 0.2) is 0 Å². The van der Waals surface area contributed by atoms with E-state index >= 15 is 0 Å². The minimum absolute atomic E-state index is 0.0318. The lowest BCUT2D eigenvalue weighted by molar-refractivity contribution is -0.142. The van der Waals surface area contributed by atoms with Crippen LogP contribution in [-0.4, -0.2) is 82.0 Å². The predicted molar refractivity (Wildman–Crippen MR) is 103 cm³/mol. The summed E-state index contributed by atoms with van der Waals surface area (Å²) in [6.45, 7) is -0.255. The van der Waals surface area contributed by atoms with E-state index in [1.54, 1.807) is 0 Å². The highest BCUT2D eigenvalue weighted by molar-refractivity contribution is 6.13. The van der Waals surface area contributed by atoms with Gasteiger partial charge in [-0.1, -0.05) is 0 Å². The van der Waals surface area contributed by atoms with Crippen molar-refractivity contribution in [2.75, 3.05) is 19.6 Å². The molecule has 1 atom stereocenters. The summed E-state index contributed by atoms with van der Waals surface area (Å²) in [5, 5.41) is 13.9. The molecule has 0 aromatic rings. The fourth-order valence-electron chi connectivity index (χ4n) is 2.87. The number of hydrogen-bond donors (Lipinski definition) is 3. The Morgan fingerprint density at radius 3 is 1.61 bits per heavy atom. The molecular weight excluding hydrogens is 412 g/mol. The first-order chi connectivity index (χ1) is 14.7. The highest BCUT2D eigenvalue weighted by Gasteiger charge is 2.25. The maximum atomic E-state index is 12.0. The lowest BCUT2D eigenvalue weighted by atomic mass is 10.2. The molecule has 12 heteroatoms. The number of carboxylic acids is 1. The molecule has 0 saturated heterocycles. The summed E-state index contributed by atoms with van der Waals surface area (Å²) in [7, 11) is 0. The average molecular weight is 434 g/mol. The van der Waals surface area contributed by atoms with E-state index in [0.717, 1.165) is 34.1 Å². The van der Waals surface area contributed by atoms with Crippen molar-refractivity contribution in [2.45, 2.75) is 31.7 Å². The Labute approximate surface area is 176 Å². The van der Waals surface area contributed by atoms with Crippen LogP contribution in [0.25, 0.3) is 0 Å². The summed E-state index contributed by atoms with van der Waals surface area (Å²) >= 11 is 0. The molecule has 0 fully saturated rings. The van der Waals surface area contributed by atoms with Gasteiger partial charge in [0, 0.05) is 56.8 Å². The predicted octanol–water partition coefficient (Wildman–Crippen LogP) is -1.92. The van der Waals surface area contributed by atoms with Gasteiger partial charge in [0.05, 0.1) is 0 Å². The normalized spacial score (nSPS) is 16.3. The van der Waals surface area contributed by atoms with Crippen molar-refractivity contribution >= 4 is 41.4 Å². The molecule has 0 spiro atoms. The van der Waals surface area contributed by atoms with Crippen LogP contribution in [0.2, 0.25) is 0 Å². The van der Waals surface area contributed by atoms with Crippen molar-refractivity contribution < 1.29 is 38.7 Å². The molecule has 2 aliphatic rings. The zero-order chi connectivity index (χ0) is 23.0. The van der Waals surface area contributed by atoms with Crippen molar-refractivity contribution in [1.29, 1.82) is 0 Å². The number of aliphatic carboxylic acids is 1. The van der Waals surface area contributed by atoms with E-state index in [-0.39, 0.29) is 45.3 Å². The van der Waals surface area contributed by atoms with E-state index in [1.165, 1.54) is 0 Å². The van der Waals surface area contributed by atoms with Gasteiger partial charge in [0.1, 0.15) is 6.04 Å². The molecule has 0 unspecified atom stereocenters. The summed E-state index contributed by atoms with van der Waals surface area (Å²) in [5.41, 5.74) is 0. The Morgan fingerprint density at radius 2 is 1.19 bits per heavy atom. The Balaban J connectivity index is 1.66. The monoisotopic (exact) mass is 434 g/mol. The molecule has 0 saturated carbocycles. The summed E-state index contributed by atoms with van der Waals surface area (Å²) in [5.74, 6) is -4.28. The van der Waals surface area contributed by atoms with Crippen molar-refractivity contribution in [3.63, 3.8) is 0 Å². The van der Waals surface area contributed by atoms with Crippen LogP contribution in [0.4, 0.5) is 0 Å². The van der Waals surface area contributed by atoms with Crippen molar-refractivity contribution in [2.24, 2.45) is 0 Å². The number of amides is 6. The summed E-state index contributed by atoms with van der Waals surface area (Å²) in [6.07, 6.45) is 4.75. The Bertz CT molecular complexity index is 827. The van der Waals surface area contributed by atoms with Crippen LogP contribution in [-0.2, 0) is 33.6 Å². The number of nitrogens with one attached hydrogen (secondary N) is 2. The van der Waals surface area contributed by atoms with Crippen LogP contribution in [0.3, 0.4) is 0 Å². The van der Waals surface area contributed by atoms with Crippen molar-refractivity contribution in [3.8, 4) is 0 Å². The van der Waals surface area contributed by atoms with E-state index in [1.807, 2.05) is 0 Å². The third kappa shape index (κ3) is 6.87. The maximum absolute atomic E-state index is 12.0. The number of hydrogen-bond acceptors (Lipinski definition) is 7. The molecule has 0 aromatic carbocycles. The number of imide groups is 2. The number of carbonyl (C=O) groups excluding carboxylic acids is 6. The van der Waals surface area contributed by atoms with Gasteiger partial charge >= 0.3 is 5.97 Å². The van der Waals surface area contributed by atoms with Gasteiger partial charge in [-0.05, 0) is 12.8 Å². The molecule has 6 amide bonds. The minimum atomic E-state index is -1.36. The van der Waals surface area contributed by atoms with Gasteiger partial charge in [0.25, 0.3) is 23.6 Å². The fraction of sp³-hybridized carbons (Fsp3) is 0.421.